The minimum absolute atomic E-state index is 0.0375. The Morgan fingerprint density at radius 3 is 2.45 bits per heavy atom. The number of hydrogen-bond acceptors (Lipinski definition) is 4. The molecule has 1 heterocycles. The molecular weight excluding hydrogens is 392 g/mol. The Morgan fingerprint density at radius 1 is 1.34 bits per heavy atom. The third kappa shape index (κ3) is 3.78. The molecule has 2 atom stereocenters. The van der Waals surface area contributed by atoms with E-state index in [4.69, 9.17) is 12.2 Å². The lowest BCUT2D eigenvalue weighted by Gasteiger charge is -2.40. The van der Waals surface area contributed by atoms with Gasteiger partial charge in [0.1, 0.15) is 5.82 Å². The van der Waals surface area contributed by atoms with E-state index in [-0.39, 0.29) is 16.6 Å². The highest BCUT2D eigenvalue weighted by atomic mass is 32.1. The number of carboxylic acid groups (broad SMARTS) is 2. The number of carboxylic acids is 2. The van der Waals surface area contributed by atoms with Crippen molar-refractivity contribution in [2.45, 2.75) is 40.0 Å². The van der Waals surface area contributed by atoms with E-state index in [9.17, 15) is 19.8 Å². The molecule has 3 rings (SSSR count). The molecule has 1 aromatic heterocycles. The Labute approximate surface area is 174 Å². The second-order valence-electron chi connectivity index (χ2n) is 7.85. The van der Waals surface area contributed by atoms with Gasteiger partial charge in [0, 0.05) is 19.0 Å². The minimum atomic E-state index is -1.25. The number of nitrogens with one attached hydrogen (secondary N) is 2. The molecule has 0 spiro atoms. The maximum Gasteiger partial charge on any atom is 0.334 e. The molecule has 0 radical (unpaired) electrons. The maximum absolute atomic E-state index is 12.2. The van der Waals surface area contributed by atoms with E-state index in [1.54, 1.807) is 24.7 Å². The first kappa shape index (κ1) is 21.0. The Balaban J connectivity index is 2.00. The van der Waals surface area contributed by atoms with E-state index in [1.807, 2.05) is 19.9 Å². The van der Waals surface area contributed by atoms with E-state index in [1.165, 1.54) is 0 Å². The van der Waals surface area contributed by atoms with E-state index in [0.29, 0.717) is 23.5 Å². The highest BCUT2D eigenvalue weighted by molar-refractivity contribution is 7.80. The van der Waals surface area contributed by atoms with E-state index >= 15 is 0 Å². The van der Waals surface area contributed by atoms with Crippen molar-refractivity contribution >= 4 is 35.1 Å². The van der Waals surface area contributed by atoms with Crippen molar-refractivity contribution in [3.05, 3.63) is 34.7 Å². The van der Waals surface area contributed by atoms with Crippen LogP contribution in [-0.4, -0.2) is 37.0 Å². The molecular formula is C20H26N4O4S. The summed E-state index contributed by atoms with van der Waals surface area (Å²) in [6.07, 6.45) is 3.79. The van der Waals surface area contributed by atoms with Crippen LogP contribution in [0.15, 0.2) is 29.0 Å². The highest BCUT2D eigenvalue weighted by Crippen LogP contribution is 2.55. The number of carbonyl (C=O) groups is 2. The number of aliphatic carboxylic acids is 2. The van der Waals surface area contributed by atoms with Gasteiger partial charge in [-0.3, -0.25) is 9.48 Å². The first-order valence-corrected chi connectivity index (χ1v) is 10.0. The summed E-state index contributed by atoms with van der Waals surface area (Å²) in [5.74, 6) is -2.02. The summed E-state index contributed by atoms with van der Waals surface area (Å²) >= 11 is 5.39. The van der Waals surface area contributed by atoms with Gasteiger partial charge in [0.15, 0.2) is 5.11 Å². The molecule has 8 nitrogen and oxygen atoms in total. The van der Waals surface area contributed by atoms with Gasteiger partial charge in [-0.25, -0.2) is 4.79 Å². The third-order valence-electron chi connectivity index (χ3n) is 5.85. The van der Waals surface area contributed by atoms with Gasteiger partial charge in [-0.05, 0) is 57.3 Å². The average Bonchev–Trinajstić information content (AvgIpc) is 3.40. The zero-order valence-corrected chi connectivity index (χ0v) is 17.8. The summed E-state index contributed by atoms with van der Waals surface area (Å²) in [6.45, 7) is 5.38. The predicted molar refractivity (Wildman–Crippen MR) is 112 cm³/mol. The molecule has 0 amide bonds. The normalized spacial score (nSPS) is 24.1. The fourth-order valence-electron chi connectivity index (χ4n) is 4.28. The van der Waals surface area contributed by atoms with Gasteiger partial charge in [0.05, 0.1) is 22.4 Å². The van der Waals surface area contributed by atoms with Gasteiger partial charge in [-0.2, -0.15) is 5.10 Å². The van der Waals surface area contributed by atoms with Crippen LogP contribution in [-0.2, 0) is 16.6 Å². The number of aromatic nitrogens is 2. The molecule has 4 N–H and O–H groups in total. The highest BCUT2D eigenvalue weighted by Gasteiger charge is 2.55. The average molecular weight is 419 g/mol. The number of rotatable bonds is 6. The molecule has 1 aromatic rings. The number of thiocarbonyl (C=S) groups is 1. The third-order valence-corrected chi connectivity index (χ3v) is 6.05. The summed E-state index contributed by atoms with van der Waals surface area (Å²) in [5, 5.41) is 30.5. The fraction of sp³-hybridized carbons (Fsp3) is 0.500. The van der Waals surface area contributed by atoms with Gasteiger partial charge in [0.2, 0.25) is 0 Å². The van der Waals surface area contributed by atoms with Crippen molar-refractivity contribution in [3.63, 3.8) is 0 Å². The van der Waals surface area contributed by atoms with Crippen molar-refractivity contribution in [1.29, 1.82) is 0 Å². The predicted octanol–water partition coefficient (Wildman–Crippen LogP) is 2.82. The molecule has 0 saturated heterocycles. The Kier molecular flexibility index (Phi) is 5.53. The summed E-state index contributed by atoms with van der Waals surface area (Å²) in [5.41, 5.74) is 0.693. The first-order chi connectivity index (χ1) is 13.6. The van der Waals surface area contributed by atoms with Crippen LogP contribution < -0.4 is 10.6 Å². The number of nitrogens with zero attached hydrogens (tertiary/aromatic N) is 2. The number of anilines is 1. The van der Waals surface area contributed by atoms with Gasteiger partial charge >= 0.3 is 11.9 Å². The van der Waals surface area contributed by atoms with E-state index in [2.05, 4.69) is 15.7 Å². The van der Waals surface area contributed by atoms with E-state index < -0.39 is 23.3 Å². The van der Waals surface area contributed by atoms with Crippen molar-refractivity contribution in [1.82, 2.24) is 15.1 Å². The Hall–Kier alpha value is -2.68. The Morgan fingerprint density at radius 2 is 2.00 bits per heavy atom. The second-order valence-corrected chi connectivity index (χ2v) is 8.26. The zero-order chi connectivity index (χ0) is 21.5. The van der Waals surface area contributed by atoms with Crippen LogP contribution in [0.25, 0.3) is 0 Å². The molecule has 0 aliphatic heterocycles. The van der Waals surface area contributed by atoms with Crippen LogP contribution in [0, 0.1) is 24.2 Å². The number of allylic oxidation sites excluding steroid dienone is 1. The molecule has 1 fully saturated rings. The van der Waals surface area contributed by atoms with Gasteiger partial charge in [-0.1, -0.05) is 12.5 Å². The summed E-state index contributed by atoms with van der Waals surface area (Å²) in [6, 6.07) is 1.82. The zero-order valence-electron chi connectivity index (χ0n) is 16.9. The quantitative estimate of drug-likeness (QED) is 0.521. The number of aryl methyl sites for hydroxylation is 2. The minimum Gasteiger partial charge on any atom is -0.481 e. The molecule has 29 heavy (non-hydrogen) atoms. The van der Waals surface area contributed by atoms with Crippen LogP contribution in [0.1, 0.15) is 38.8 Å². The van der Waals surface area contributed by atoms with Crippen molar-refractivity contribution in [3.8, 4) is 0 Å². The van der Waals surface area contributed by atoms with E-state index in [0.717, 1.165) is 18.5 Å². The van der Waals surface area contributed by atoms with Crippen LogP contribution in [0.5, 0.6) is 0 Å². The molecule has 0 aromatic carbocycles. The molecule has 2 aliphatic rings. The monoisotopic (exact) mass is 418 g/mol. The largest absolute Gasteiger partial charge is 0.481 e. The molecule has 156 valence electrons. The van der Waals surface area contributed by atoms with Crippen LogP contribution in [0.3, 0.4) is 0 Å². The summed E-state index contributed by atoms with van der Waals surface area (Å²) in [4.78, 5) is 24.5. The van der Waals surface area contributed by atoms with Crippen molar-refractivity contribution < 1.29 is 19.8 Å². The van der Waals surface area contributed by atoms with Gasteiger partial charge < -0.3 is 20.8 Å². The fourth-order valence-corrected chi connectivity index (χ4v) is 4.50. The lowest BCUT2D eigenvalue weighted by Crippen LogP contribution is -2.45. The standard InChI is InChI=1S/C20H26N4O4S/c1-5-12-9-13(21-19(29)22-14-8-10(2)23-24(14)4)15(17(25)26)16(11-6-7-11)20(12,3)18(27)28/h8-9,11,16H,5-7H2,1-4H3,(H,25,26)(H,27,28)(H2,21,22,29). The molecule has 2 unspecified atom stereocenters. The van der Waals surface area contributed by atoms with Gasteiger partial charge in [-0.15, -0.1) is 0 Å². The van der Waals surface area contributed by atoms with Crippen LogP contribution in [0.4, 0.5) is 5.82 Å². The summed E-state index contributed by atoms with van der Waals surface area (Å²) < 4.78 is 1.64. The smallest absolute Gasteiger partial charge is 0.334 e. The summed E-state index contributed by atoms with van der Waals surface area (Å²) in [7, 11) is 1.77. The maximum atomic E-state index is 12.2. The molecule has 0 bridgehead atoms. The second kappa shape index (κ2) is 7.62. The van der Waals surface area contributed by atoms with Crippen molar-refractivity contribution in [2.75, 3.05) is 5.32 Å². The first-order valence-electron chi connectivity index (χ1n) is 9.60. The topological polar surface area (TPSA) is 116 Å². The van der Waals surface area contributed by atoms with Crippen LogP contribution in [0.2, 0.25) is 0 Å². The van der Waals surface area contributed by atoms with Gasteiger partial charge in [0.25, 0.3) is 0 Å². The molecule has 1 saturated carbocycles. The number of hydrogen-bond donors (Lipinski definition) is 4. The van der Waals surface area contributed by atoms with Crippen molar-refractivity contribution in [2.24, 2.45) is 24.3 Å². The molecule has 9 heteroatoms. The molecule has 2 aliphatic carbocycles. The SMILES string of the molecule is CCC1=CC(NC(=S)Nc2cc(C)nn2C)=C(C(=O)O)C(C2CC2)C1(C)C(=O)O. The van der Waals surface area contributed by atoms with Crippen LogP contribution >= 0.6 is 12.2 Å². The lowest BCUT2D eigenvalue weighted by atomic mass is 9.62. The Bertz CT molecular complexity index is 944. The lowest BCUT2D eigenvalue weighted by molar-refractivity contribution is -0.149.